The van der Waals surface area contributed by atoms with E-state index < -0.39 is 0 Å². The summed E-state index contributed by atoms with van der Waals surface area (Å²) in [5, 5.41) is 0. The lowest BCUT2D eigenvalue weighted by Gasteiger charge is -1.88. The summed E-state index contributed by atoms with van der Waals surface area (Å²) in [5.41, 5.74) is 6.61. The number of nitrogens with one attached hydrogen (secondary N) is 1. The SMILES string of the molecule is Nc1[nH]ccc1/C=C\CCCl. The van der Waals surface area contributed by atoms with E-state index in [1.165, 1.54) is 0 Å². The predicted octanol–water partition coefficient (Wildman–Crippen LogP) is 2.24. The number of nitrogen functional groups attached to an aromatic ring is 1. The van der Waals surface area contributed by atoms with Crippen molar-refractivity contribution in [3.8, 4) is 0 Å². The van der Waals surface area contributed by atoms with Crippen LogP contribution in [-0.2, 0) is 0 Å². The van der Waals surface area contributed by atoms with Crippen LogP contribution < -0.4 is 5.73 Å². The molecule has 0 aliphatic carbocycles. The molecule has 1 rings (SSSR count). The van der Waals surface area contributed by atoms with E-state index in [1.807, 2.05) is 24.4 Å². The molecule has 0 radical (unpaired) electrons. The predicted molar refractivity (Wildman–Crippen MR) is 49.6 cm³/mol. The number of H-pyrrole nitrogens is 1. The van der Waals surface area contributed by atoms with Crippen LogP contribution in [0.5, 0.6) is 0 Å². The molecule has 1 heterocycles. The number of allylic oxidation sites excluding steroid dienone is 1. The highest BCUT2D eigenvalue weighted by atomic mass is 35.5. The molecular weight excluding hydrogens is 160 g/mol. The van der Waals surface area contributed by atoms with Gasteiger partial charge in [0.15, 0.2) is 0 Å². The van der Waals surface area contributed by atoms with Crippen LogP contribution in [0, 0.1) is 0 Å². The van der Waals surface area contributed by atoms with Crippen molar-refractivity contribution in [2.45, 2.75) is 6.42 Å². The highest BCUT2D eigenvalue weighted by Crippen LogP contribution is 2.10. The van der Waals surface area contributed by atoms with Gasteiger partial charge in [-0.25, -0.2) is 0 Å². The Morgan fingerprint density at radius 2 is 2.45 bits per heavy atom. The minimum absolute atomic E-state index is 0.654. The number of anilines is 1. The van der Waals surface area contributed by atoms with Gasteiger partial charge in [0.05, 0.1) is 0 Å². The van der Waals surface area contributed by atoms with Crippen LogP contribution in [0.2, 0.25) is 0 Å². The zero-order chi connectivity index (χ0) is 8.10. The van der Waals surface area contributed by atoms with E-state index in [0.717, 1.165) is 12.0 Å². The molecule has 3 N–H and O–H groups in total. The third kappa shape index (κ3) is 2.31. The number of hydrogen-bond acceptors (Lipinski definition) is 1. The molecule has 0 atom stereocenters. The zero-order valence-electron chi connectivity index (χ0n) is 6.18. The first-order valence-corrected chi connectivity index (χ1v) is 4.03. The Hall–Kier alpha value is -0.890. The third-order valence-corrected chi connectivity index (χ3v) is 1.60. The standard InChI is InChI=1S/C8H11ClN2/c9-5-2-1-3-7-4-6-11-8(7)10/h1,3-4,6,11H,2,5,10H2/b3-1-. The first-order valence-electron chi connectivity index (χ1n) is 3.50. The van der Waals surface area contributed by atoms with Crippen molar-refractivity contribution < 1.29 is 0 Å². The molecule has 0 saturated carbocycles. The Balaban J connectivity index is 2.56. The van der Waals surface area contributed by atoms with E-state index in [2.05, 4.69) is 4.98 Å². The summed E-state index contributed by atoms with van der Waals surface area (Å²) < 4.78 is 0. The number of rotatable bonds is 3. The fraction of sp³-hybridized carbons (Fsp3) is 0.250. The molecular formula is C8H11ClN2. The van der Waals surface area contributed by atoms with Crippen molar-refractivity contribution in [2.24, 2.45) is 0 Å². The molecule has 0 unspecified atom stereocenters. The van der Waals surface area contributed by atoms with Crippen LogP contribution in [-0.4, -0.2) is 10.9 Å². The van der Waals surface area contributed by atoms with Crippen molar-refractivity contribution in [1.82, 2.24) is 4.98 Å². The fourth-order valence-electron chi connectivity index (χ4n) is 0.813. The molecule has 60 valence electrons. The van der Waals surface area contributed by atoms with Gasteiger partial charge in [-0.05, 0) is 12.5 Å². The van der Waals surface area contributed by atoms with E-state index in [4.69, 9.17) is 17.3 Å². The van der Waals surface area contributed by atoms with Crippen molar-refractivity contribution in [2.75, 3.05) is 11.6 Å². The van der Waals surface area contributed by atoms with Gasteiger partial charge in [0, 0.05) is 17.6 Å². The maximum atomic E-state index is 5.58. The van der Waals surface area contributed by atoms with E-state index >= 15 is 0 Å². The van der Waals surface area contributed by atoms with Crippen LogP contribution in [0.15, 0.2) is 18.3 Å². The number of aromatic nitrogens is 1. The molecule has 11 heavy (non-hydrogen) atoms. The van der Waals surface area contributed by atoms with Crippen LogP contribution in [0.4, 0.5) is 5.82 Å². The fourth-order valence-corrected chi connectivity index (χ4v) is 0.939. The Morgan fingerprint density at radius 3 is 3.00 bits per heavy atom. The molecule has 0 aliphatic rings. The smallest absolute Gasteiger partial charge is 0.107 e. The van der Waals surface area contributed by atoms with Gasteiger partial charge in [-0.3, -0.25) is 0 Å². The van der Waals surface area contributed by atoms with Crippen LogP contribution >= 0.6 is 11.6 Å². The number of alkyl halides is 1. The van der Waals surface area contributed by atoms with Gasteiger partial charge in [0.25, 0.3) is 0 Å². The summed E-state index contributed by atoms with van der Waals surface area (Å²) in [6, 6.07) is 1.93. The van der Waals surface area contributed by atoms with Crippen molar-refractivity contribution in [3.63, 3.8) is 0 Å². The zero-order valence-corrected chi connectivity index (χ0v) is 6.93. The number of aromatic amines is 1. The molecule has 2 nitrogen and oxygen atoms in total. The van der Waals surface area contributed by atoms with Gasteiger partial charge in [-0.2, -0.15) is 0 Å². The highest BCUT2D eigenvalue weighted by Gasteiger charge is 1.91. The Morgan fingerprint density at radius 1 is 1.64 bits per heavy atom. The summed E-state index contributed by atoms with van der Waals surface area (Å²) in [6.07, 6.45) is 6.67. The lowest BCUT2D eigenvalue weighted by Crippen LogP contribution is -1.85. The highest BCUT2D eigenvalue weighted by molar-refractivity contribution is 6.17. The largest absolute Gasteiger partial charge is 0.385 e. The lowest BCUT2D eigenvalue weighted by atomic mass is 10.2. The van der Waals surface area contributed by atoms with Crippen molar-refractivity contribution in [1.29, 1.82) is 0 Å². The van der Waals surface area contributed by atoms with Gasteiger partial charge in [0.1, 0.15) is 5.82 Å². The minimum Gasteiger partial charge on any atom is -0.385 e. The summed E-state index contributed by atoms with van der Waals surface area (Å²) in [4.78, 5) is 2.89. The molecule has 0 spiro atoms. The molecule has 0 amide bonds. The monoisotopic (exact) mass is 170 g/mol. The van der Waals surface area contributed by atoms with Crippen molar-refractivity contribution >= 4 is 23.5 Å². The molecule has 1 aromatic rings. The summed E-state index contributed by atoms with van der Waals surface area (Å²) in [7, 11) is 0. The maximum absolute atomic E-state index is 5.58. The normalized spacial score (nSPS) is 11.0. The number of nitrogens with two attached hydrogens (primary N) is 1. The average molecular weight is 171 g/mol. The van der Waals surface area contributed by atoms with Gasteiger partial charge in [0.2, 0.25) is 0 Å². The molecule has 0 fully saturated rings. The van der Waals surface area contributed by atoms with Gasteiger partial charge < -0.3 is 10.7 Å². The Kier molecular flexibility index (Phi) is 3.05. The summed E-state index contributed by atoms with van der Waals surface area (Å²) >= 11 is 5.49. The second-order valence-electron chi connectivity index (χ2n) is 2.23. The molecule has 0 aromatic carbocycles. The second kappa shape index (κ2) is 4.09. The summed E-state index contributed by atoms with van der Waals surface area (Å²) in [5.74, 6) is 1.36. The second-order valence-corrected chi connectivity index (χ2v) is 2.60. The minimum atomic E-state index is 0.654. The van der Waals surface area contributed by atoms with Gasteiger partial charge in [-0.1, -0.05) is 12.2 Å². The quantitative estimate of drug-likeness (QED) is 0.672. The Labute approximate surface area is 71.1 Å². The van der Waals surface area contributed by atoms with E-state index in [1.54, 1.807) is 0 Å². The molecule has 0 aliphatic heterocycles. The van der Waals surface area contributed by atoms with Crippen LogP contribution in [0.25, 0.3) is 6.08 Å². The number of hydrogen-bond donors (Lipinski definition) is 2. The number of halogens is 1. The van der Waals surface area contributed by atoms with E-state index in [0.29, 0.717) is 11.7 Å². The van der Waals surface area contributed by atoms with E-state index in [-0.39, 0.29) is 0 Å². The van der Waals surface area contributed by atoms with Gasteiger partial charge >= 0.3 is 0 Å². The maximum Gasteiger partial charge on any atom is 0.107 e. The van der Waals surface area contributed by atoms with E-state index in [9.17, 15) is 0 Å². The molecule has 0 bridgehead atoms. The lowest BCUT2D eigenvalue weighted by molar-refractivity contribution is 1.24. The molecule has 3 heteroatoms. The first kappa shape index (κ1) is 8.21. The van der Waals surface area contributed by atoms with Crippen molar-refractivity contribution in [3.05, 3.63) is 23.9 Å². The first-order chi connectivity index (χ1) is 5.34. The van der Waals surface area contributed by atoms with Gasteiger partial charge in [-0.15, -0.1) is 11.6 Å². The van der Waals surface area contributed by atoms with Crippen LogP contribution in [0.3, 0.4) is 0 Å². The third-order valence-electron chi connectivity index (χ3n) is 1.39. The summed E-state index contributed by atoms with van der Waals surface area (Å²) in [6.45, 7) is 0. The molecule has 1 aromatic heterocycles. The molecule has 0 saturated heterocycles. The average Bonchev–Trinajstić information content (AvgIpc) is 2.37. The Bertz CT molecular complexity index is 240. The van der Waals surface area contributed by atoms with Crippen LogP contribution in [0.1, 0.15) is 12.0 Å². The topological polar surface area (TPSA) is 41.8 Å².